The van der Waals surface area contributed by atoms with Crippen molar-refractivity contribution in [2.24, 2.45) is 0 Å². The molecule has 1 aliphatic heterocycles. The number of rotatable bonds is 7. The number of H-pyrrole nitrogens is 1. The summed E-state index contributed by atoms with van der Waals surface area (Å²) >= 11 is 7.86. The maximum atomic E-state index is 11.8. The molecule has 1 amide bonds. The summed E-state index contributed by atoms with van der Waals surface area (Å²) in [4.78, 5) is 24.3. The number of carbonyl (C=O) groups excluding carboxylic acids is 1. The van der Waals surface area contributed by atoms with Crippen molar-refractivity contribution in [3.63, 3.8) is 0 Å². The van der Waals surface area contributed by atoms with Gasteiger partial charge in [-0.1, -0.05) is 30.7 Å². The van der Waals surface area contributed by atoms with E-state index in [1.807, 2.05) is 6.07 Å². The molecule has 3 atom stereocenters. The number of hydrogen-bond acceptors (Lipinski definition) is 7. The summed E-state index contributed by atoms with van der Waals surface area (Å²) in [5.74, 6) is 0.117. The predicted molar refractivity (Wildman–Crippen MR) is 136 cm³/mol. The number of benzene rings is 2. The Kier molecular flexibility index (Phi) is 7.59. The third kappa shape index (κ3) is 5.27. The van der Waals surface area contributed by atoms with Gasteiger partial charge in [-0.15, -0.1) is 5.10 Å². The lowest BCUT2D eigenvalue weighted by atomic mass is 9.85. The van der Waals surface area contributed by atoms with Crippen molar-refractivity contribution in [2.75, 3.05) is 6.61 Å². The molecule has 0 fully saturated rings. The predicted octanol–water partition coefficient (Wildman–Crippen LogP) is 5.04. The Morgan fingerprint density at radius 3 is 2.66 bits per heavy atom. The van der Waals surface area contributed by atoms with Gasteiger partial charge >= 0.3 is 5.76 Å². The van der Waals surface area contributed by atoms with Crippen LogP contribution in [0.2, 0.25) is 5.02 Å². The average Bonchev–Trinajstić information content (AvgIpc) is 3.23. The molecule has 0 spiro atoms. The van der Waals surface area contributed by atoms with Crippen LogP contribution in [0.5, 0.6) is 5.75 Å². The Balaban J connectivity index is 1.68. The third-order valence-corrected chi connectivity index (χ3v) is 7.70. The topological polar surface area (TPSA) is 109 Å². The molecule has 0 bridgehead atoms. The lowest BCUT2D eigenvalue weighted by Gasteiger charge is -2.30. The molecular weight excluding hydrogens is 488 g/mol. The molecule has 0 saturated heterocycles. The van der Waals surface area contributed by atoms with E-state index in [1.54, 1.807) is 6.07 Å². The minimum Gasteiger partial charge on any atom is -0.492 e. The quantitative estimate of drug-likeness (QED) is 0.377. The minimum absolute atomic E-state index is 0.0648. The van der Waals surface area contributed by atoms with E-state index in [0.29, 0.717) is 23.8 Å². The van der Waals surface area contributed by atoms with Crippen LogP contribution in [0.4, 0.5) is 0 Å². The number of aromatic nitrogens is 2. The van der Waals surface area contributed by atoms with Crippen LogP contribution in [0.3, 0.4) is 0 Å². The summed E-state index contributed by atoms with van der Waals surface area (Å²) in [6, 6.07) is 7.25. The normalized spacial score (nSPS) is 16.8. The number of halogens is 1. The Hall–Kier alpha value is -2.75. The smallest absolute Gasteiger partial charge is 0.434 e. The average molecular weight is 517 g/mol. The number of amides is 1. The number of nitrogens with one attached hydrogen (secondary N) is 3. The summed E-state index contributed by atoms with van der Waals surface area (Å²) in [6.07, 6.45) is 0.637. The number of aryl methyl sites for hydroxylation is 2. The van der Waals surface area contributed by atoms with Gasteiger partial charge in [0.05, 0.1) is 17.5 Å². The molecule has 1 unspecified atom stereocenters. The van der Waals surface area contributed by atoms with Crippen LogP contribution in [0.15, 0.2) is 38.4 Å². The molecule has 4 rings (SSSR count). The number of nitrogens with zero attached hydrogens (tertiary/aromatic N) is 1. The second kappa shape index (κ2) is 10.5. The highest BCUT2D eigenvalue weighted by atomic mass is 35.5. The third-order valence-electron chi connectivity index (χ3n) is 6.46. The van der Waals surface area contributed by atoms with Gasteiger partial charge in [-0.25, -0.2) is 14.6 Å². The lowest BCUT2D eigenvalue weighted by Crippen LogP contribution is -2.31. The van der Waals surface area contributed by atoms with Crippen molar-refractivity contribution in [2.45, 2.75) is 63.9 Å². The maximum Gasteiger partial charge on any atom is 0.434 e. The lowest BCUT2D eigenvalue weighted by molar-refractivity contribution is -0.119. The molecule has 3 aromatic rings. The van der Waals surface area contributed by atoms with Crippen LogP contribution in [-0.2, 0) is 4.79 Å². The highest BCUT2D eigenvalue weighted by Gasteiger charge is 2.31. The molecule has 0 aliphatic carbocycles. The van der Waals surface area contributed by atoms with Crippen molar-refractivity contribution >= 4 is 29.5 Å². The molecule has 3 N–H and O–H groups in total. The molecule has 10 heteroatoms. The van der Waals surface area contributed by atoms with E-state index in [9.17, 15) is 9.59 Å². The summed E-state index contributed by atoms with van der Waals surface area (Å²) < 4.78 is 14.8. The molecule has 0 saturated carbocycles. The van der Waals surface area contributed by atoms with E-state index in [4.69, 9.17) is 20.8 Å². The minimum atomic E-state index is -0.605. The molecule has 35 heavy (non-hydrogen) atoms. The fraction of sp³-hybridized carbons (Fsp3) is 0.400. The fourth-order valence-corrected chi connectivity index (χ4v) is 5.87. The molecular formula is C25H29ClN4O4S. The second-order valence-electron chi connectivity index (χ2n) is 8.85. The van der Waals surface area contributed by atoms with Gasteiger partial charge in [0.15, 0.2) is 0 Å². The van der Waals surface area contributed by atoms with E-state index < -0.39 is 11.8 Å². The zero-order valence-corrected chi connectivity index (χ0v) is 21.9. The highest BCUT2D eigenvalue weighted by molar-refractivity contribution is 7.97. The maximum absolute atomic E-state index is 11.8. The van der Waals surface area contributed by atoms with Gasteiger partial charge in [0.1, 0.15) is 11.8 Å². The first-order valence-electron chi connectivity index (χ1n) is 11.4. The summed E-state index contributed by atoms with van der Waals surface area (Å²) in [5.41, 5.74) is 5.48. The Morgan fingerprint density at radius 2 is 1.97 bits per heavy atom. The number of ether oxygens (including phenoxy) is 1. The molecule has 8 nitrogen and oxygen atoms in total. The number of carbonyl (C=O) groups is 1. The first-order chi connectivity index (χ1) is 16.7. The molecule has 0 radical (unpaired) electrons. The number of aromatic amines is 1. The Labute approximate surface area is 213 Å². The van der Waals surface area contributed by atoms with Gasteiger partial charge in [-0.2, -0.15) is 0 Å². The standard InChI is InChI=1S/C25H29ClN4O4S/c1-12-6-7-13(2)20(14(12)3)15(4)22(24-28-29-25(32)34-24)30-35-19-9-8-17(26)21-18(27-16(5)31)10-11-33-23(19)21/h6-9,15,18,22,30H,10-11H2,1-5H3,(H,27,31)(H,29,32)/t15-,18?,22+/m1/s1. The van der Waals surface area contributed by atoms with E-state index >= 15 is 0 Å². The highest BCUT2D eigenvalue weighted by Crippen LogP contribution is 2.44. The van der Waals surface area contributed by atoms with Crippen LogP contribution in [0.25, 0.3) is 0 Å². The molecule has 2 aromatic carbocycles. The fourth-order valence-electron chi connectivity index (χ4n) is 4.63. The van der Waals surface area contributed by atoms with Crippen molar-refractivity contribution in [1.29, 1.82) is 0 Å². The summed E-state index contributed by atoms with van der Waals surface area (Å²) in [5, 5.41) is 9.99. The molecule has 1 aliphatic rings. The van der Waals surface area contributed by atoms with Crippen LogP contribution in [-0.4, -0.2) is 22.7 Å². The van der Waals surface area contributed by atoms with Gasteiger partial charge in [0, 0.05) is 29.8 Å². The Morgan fingerprint density at radius 1 is 1.23 bits per heavy atom. The summed E-state index contributed by atoms with van der Waals surface area (Å²) in [7, 11) is 0. The van der Waals surface area contributed by atoms with Crippen molar-refractivity contribution in [1.82, 2.24) is 20.2 Å². The zero-order valence-electron chi connectivity index (χ0n) is 20.3. The zero-order chi connectivity index (χ0) is 25.3. The monoisotopic (exact) mass is 516 g/mol. The largest absolute Gasteiger partial charge is 0.492 e. The molecule has 1 aromatic heterocycles. The van der Waals surface area contributed by atoms with E-state index in [1.165, 1.54) is 35.6 Å². The van der Waals surface area contributed by atoms with Crippen LogP contribution >= 0.6 is 23.5 Å². The van der Waals surface area contributed by atoms with Gasteiger partial charge in [-0.3, -0.25) is 4.79 Å². The number of hydrogen-bond donors (Lipinski definition) is 3. The van der Waals surface area contributed by atoms with E-state index in [2.05, 4.69) is 60.1 Å². The first kappa shape index (κ1) is 25.3. The molecule has 186 valence electrons. The van der Waals surface area contributed by atoms with E-state index in [-0.39, 0.29) is 23.8 Å². The SMILES string of the molecule is CC(=O)NC1CCOc2c(SN[C@H](c3n[nH]c(=O)o3)[C@H](C)c3c(C)ccc(C)c3C)ccc(Cl)c21. The van der Waals surface area contributed by atoms with Crippen molar-refractivity contribution in [3.8, 4) is 5.75 Å². The van der Waals surface area contributed by atoms with Crippen LogP contribution < -0.4 is 20.5 Å². The number of fused-ring (bicyclic) bond motifs is 1. The Bertz CT molecular complexity index is 1310. The van der Waals surface area contributed by atoms with Crippen LogP contribution in [0, 0.1) is 20.8 Å². The first-order valence-corrected chi connectivity index (χ1v) is 12.6. The van der Waals surface area contributed by atoms with Crippen molar-refractivity contribution in [3.05, 3.63) is 73.5 Å². The van der Waals surface area contributed by atoms with Gasteiger partial charge in [0.25, 0.3) is 0 Å². The van der Waals surface area contributed by atoms with Crippen molar-refractivity contribution < 1.29 is 13.9 Å². The van der Waals surface area contributed by atoms with Crippen LogP contribution in [0.1, 0.15) is 72.0 Å². The summed E-state index contributed by atoms with van der Waals surface area (Å²) in [6.45, 7) is 10.3. The van der Waals surface area contributed by atoms with E-state index in [0.717, 1.165) is 16.0 Å². The second-order valence-corrected chi connectivity index (χ2v) is 10.1. The van der Waals surface area contributed by atoms with Gasteiger partial charge in [0.2, 0.25) is 11.8 Å². The molecule has 2 heterocycles. The van der Waals surface area contributed by atoms with Gasteiger partial charge in [-0.05, 0) is 67.1 Å². The van der Waals surface area contributed by atoms with Gasteiger partial charge < -0.3 is 14.5 Å².